The van der Waals surface area contributed by atoms with Crippen LogP contribution < -0.4 is 14.4 Å². The Kier molecular flexibility index (Phi) is 12.5. The van der Waals surface area contributed by atoms with Crippen molar-refractivity contribution in [1.29, 1.82) is 0 Å². The van der Waals surface area contributed by atoms with Crippen LogP contribution in [0.5, 0.6) is 11.5 Å². The van der Waals surface area contributed by atoms with Gasteiger partial charge in [0.25, 0.3) is 5.09 Å². The zero-order valence-corrected chi connectivity index (χ0v) is 27.7. The van der Waals surface area contributed by atoms with Gasteiger partial charge in [-0.3, -0.25) is 4.90 Å². The number of ether oxygens (including phenoxy) is 5. The summed E-state index contributed by atoms with van der Waals surface area (Å²) in [6.07, 6.45) is -3.02. The minimum atomic E-state index is -1.32. The van der Waals surface area contributed by atoms with Crippen molar-refractivity contribution in [2.24, 2.45) is 5.41 Å². The van der Waals surface area contributed by atoms with Crippen LogP contribution in [-0.4, -0.2) is 111 Å². The largest absolute Gasteiger partial charge is 0.497 e. The van der Waals surface area contributed by atoms with E-state index in [0.29, 0.717) is 19.0 Å². The van der Waals surface area contributed by atoms with Crippen molar-refractivity contribution in [2.75, 3.05) is 65.2 Å². The molecule has 2 N–H and O–H groups in total. The highest BCUT2D eigenvalue weighted by Gasteiger charge is 2.51. The number of aliphatic hydroxyl groups excluding tert-OH is 1. The molecule has 260 valence electrons. The number of rotatable bonds is 15. The monoisotopic (exact) mass is 661 g/mol. The summed E-state index contributed by atoms with van der Waals surface area (Å²) in [7, 11) is 3.26. The number of carboxylic acid groups (broad SMARTS) is 1. The number of anilines is 1. The van der Waals surface area contributed by atoms with Gasteiger partial charge in [0.05, 0.1) is 57.4 Å². The van der Waals surface area contributed by atoms with Gasteiger partial charge in [-0.05, 0) is 47.2 Å². The van der Waals surface area contributed by atoms with E-state index in [0.717, 1.165) is 42.1 Å². The first kappa shape index (κ1) is 36.0. The number of benzene rings is 2. The van der Waals surface area contributed by atoms with Gasteiger partial charge in [0, 0.05) is 26.2 Å². The van der Waals surface area contributed by atoms with Crippen molar-refractivity contribution in [3.63, 3.8) is 0 Å². The van der Waals surface area contributed by atoms with E-state index in [1.165, 1.54) is 4.90 Å². The SMILES string of the molecule is COCCCN1CCOc2ccc(CO[C@H]3CN(C(=O)O)C(C(C)(C)C)[C@@H](OC[C@H](O)CO[N+](=O)[O-])[C@@H]3c3ccc(OC)cc3)cc21. The molecule has 0 bridgehead atoms. The van der Waals surface area contributed by atoms with Crippen LogP contribution in [-0.2, 0) is 25.7 Å². The summed E-state index contributed by atoms with van der Waals surface area (Å²) in [6.45, 7) is 7.95. The number of methoxy groups -OCH3 is 2. The molecule has 47 heavy (non-hydrogen) atoms. The van der Waals surface area contributed by atoms with Crippen molar-refractivity contribution >= 4 is 11.8 Å². The molecule has 4 rings (SSSR count). The van der Waals surface area contributed by atoms with E-state index in [4.69, 9.17) is 23.7 Å². The number of fused-ring (bicyclic) bond motifs is 1. The Hall–Kier alpha value is -3.85. The average Bonchev–Trinajstić information content (AvgIpc) is 3.04. The third-order valence-corrected chi connectivity index (χ3v) is 8.49. The van der Waals surface area contributed by atoms with Crippen molar-refractivity contribution in [2.45, 2.75) is 64.1 Å². The fraction of sp³-hybridized carbons (Fsp3) is 0.606. The fourth-order valence-electron chi connectivity index (χ4n) is 6.41. The van der Waals surface area contributed by atoms with Gasteiger partial charge in [-0.25, -0.2) is 4.79 Å². The molecular formula is C33H47N3O11. The second-order valence-electron chi connectivity index (χ2n) is 12.8. The molecule has 1 fully saturated rings. The first-order valence-corrected chi connectivity index (χ1v) is 15.7. The molecule has 1 unspecified atom stereocenters. The van der Waals surface area contributed by atoms with E-state index in [9.17, 15) is 25.1 Å². The Morgan fingerprint density at radius 2 is 1.87 bits per heavy atom. The maximum Gasteiger partial charge on any atom is 0.407 e. The van der Waals surface area contributed by atoms with Crippen LogP contribution >= 0.6 is 0 Å². The first-order valence-electron chi connectivity index (χ1n) is 15.7. The number of carbonyl (C=O) groups is 1. The van der Waals surface area contributed by atoms with Crippen LogP contribution in [0.3, 0.4) is 0 Å². The summed E-state index contributed by atoms with van der Waals surface area (Å²) < 4.78 is 29.5. The maximum atomic E-state index is 12.7. The number of hydrogen-bond acceptors (Lipinski definition) is 11. The van der Waals surface area contributed by atoms with Gasteiger partial charge in [0.15, 0.2) is 0 Å². The normalized spacial score (nSPS) is 21.8. The van der Waals surface area contributed by atoms with Gasteiger partial charge in [0.2, 0.25) is 0 Å². The lowest BCUT2D eigenvalue weighted by atomic mass is 9.71. The topological polar surface area (TPSA) is 163 Å². The molecule has 1 saturated heterocycles. The molecule has 2 aromatic rings. The predicted octanol–water partition coefficient (Wildman–Crippen LogP) is 3.96. The summed E-state index contributed by atoms with van der Waals surface area (Å²) in [5.41, 5.74) is 2.10. The Morgan fingerprint density at radius 3 is 2.51 bits per heavy atom. The smallest absolute Gasteiger partial charge is 0.407 e. The Labute approximate surface area is 275 Å². The molecule has 0 radical (unpaired) electrons. The molecule has 0 aliphatic carbocycles. The Morgan fingerprint density at radius 1 is 1.13 bits per heavy atom. The van der Waals surface area contributed by atoms with Crippen molar-refractivity contribution < 1.29 is 48.6 Å². The predicted molar refractivity (Wildman–Crippen MR) is 172 cm³/mol. The maximum absolute atomic E-state index is 12.7. The molecular weight excluding hydrogens is 614 g/mol. The van der Waals surface area contributed by atoms with E-state index in [1.54, 1.807) is 14.2 Å². The molecule has 1 amide bonds. The van der Waals surface area contributed by atoms with Crippen molar-refractivity contribution in [3.8, 4) is 11.5 Å². The van der Waals surface area contributed by atoms with E-state index in [1.807, 2.05) is 63.2 Å². The number of piperidine rings is 1. The minimum Gasteiger partial charge on any atom is -0.497 e. The van der Waals surface area contributed by atoms with Crippen LogP contribution in [0.1, 0.15) is 44.2 Å². The Balaban J connectivity index is 1.67. The van der Waals surface area contributed by atoms with E-state index >= 15 is 0 Å². The van der Waals surface area contributed by atoms with Crippen molar-refractivity contribution in [1.82, 2.24) is 4.90 Å². The van der Waals surface area contributed by atoms with Crippen LogP contribution in [0.15, 0.2) is 42.5 Å². The quantitative estimate of drug-likeness (QED) is 0.161. The lowest BCUT2D eigenvalue weighted by Gasteiger charge is -2.52. The summed E-state index contributed by atoms with van der Waals surface area (Å²) in [5.74, 6) is 0.970. The van der Waals surface area contributed by atoms with Gasteiger partial charge in [-0.1, -0.05) is 39.0 Å². The second kappa shape index (κ2) is 16.3. The van der Waals surface area contributed by atoms with Crippen LogP contribution in [0, 0.1) is 15.5 Å². The van der Waals surface area contributed by atoms with Crippen molar-refractivity contribution in [3.05, 3.63) is 63.7 Å². The van der Waals surface area contributed by atoms with E-state index in [-0.39, 0.29) is 19.8 Å². The molecule has 2 heterocycles. The molecule has 0 spiro atoms. The average molecular weight is 662 g/mol. The summed E-state index contributed by atoms with van der Waals surface area (Å²) >= 11 is 0. The van der Waals surface area contributed by atoms with E-state index < -0.39 is 53.5 Å². The van der Waals surface area contributed by atoms with Crippen LogP contribution in [0.4, 0.5) is 10.5 Å². The van der Waals surface area contributed by atoms with Gasteiger partial charge in [-0.15, -0.1) is 10.1 Å². The summed E-state index contributed by atoms with van der Waals surface area (Å²) in [4.78, 5) is 31.4. The highest BCUT2D eigenvalue weighted by atomic mass is 17.0. The highest BCUT2D eigenvalue weighted by Crippen LogP contribution is 2.43. The highest BCUT2D eigenvalue weighted by molar-refractivity contribution is 5.66. The molecule has 5 atom stereocenters. The molecule has 2 aromatic carbocycles. The zero-order chi connectivity index (χ0) is 34.1. The van der Waals surface area contributed by atoms with Gasteiger partial charge < -0.3 is 43.6 Å². The van der Waals surface area contributed by atoms with E-state index in [2.05, 4.69) is 9.74 Å². The third-order valence-electron chi connectivity index (χ3n) is 8.49. The van der Waals surface area contributed by atoms with Gasteiger partial charge >= 0.3 is 6.09 Å². The zero-order valence-electron chi connectivity index (χ0n) is 27.7. The number of nitrogens with zero attached hydrogens (tertiary/aromatic N) is 3. The minimum absolute atomic E-state index is 0.0675. The second-order valence-corrected chi connectivity index (χ2v) is 12.8. The molecule has 0 saturated carbocycles. The molecule has 14 heteroatoms. The number of hydrogen-bond donors (Lipinski definition) is 2. The summed E-state index contributed by atoms with van der Waals surface area (Å²) in [6, 6.07) is 12.7. The fourth-order valence-corrected chi connectivity index (χ4v) is 6.41. The van der Waals surface area contributed by atoms with Gasteiger partial charge in [0.1, 0.15) is 30.8 Å². The van der Waals surface area contributed by atoms with Crippen LogP contribution in [0.2, 0.25) is 0 Å². The summed E-state index contributed by atoms with van der Waals surface area (Å²) in [5, 5.41) is 30.6. The molecule has 2 aliphatic rings. The number of likely N-dealkylation sites (tertiary alicyclic amines) is 1. The first-order chi connectivity index (χ1) is 22.4. The molecule has 14 nitrogen and oxygen atoms in total. The molecule has 0 aromatic heterocycles. The number of amides is 1. The molecule has 2 aliphatic heterocycles. The standard InChI is InChI=1S/C33H47N3O11/c1-33(2,3)31-30(46-20-24(37)21-47-36(40)41)29(23-8-10-25(43-5)11-9-23)28(18-35(31)32(38)39)45-19-22-7-12-27-26(17-22)34(14-16-44-27)13-6-15-42-4/h7-12,17,24,28-31,37H,6,13-16,18-21H2,1-5H3,(H,38,39)/t24-,28-,29+,30-,31?/m0/s1. The van der Waals surface area contributed by atoms with Crippen LogP contribution in [0.25, 0.3) is 0 Å². The Bertz CT molecular complexity index is 1320. The lowest BCUT2D eigenvalue weighted by Crippen LogP contribution is -2.64. The number of aliphatic hydroxyl groups is 1. The van der Waals surface area contributed by atoms with Gasteiger partial charge in [-0.2, -0.15) is 0 Å². The third kappa shape index (κ3) is 9.37. The lowest BCUT2D eigenvalue weighted by molar-refractivity contribution is -0.759.